The number of nitrogens with one attached hydrogen (secondary N) is 1. The van der Waals surface area contributed by atoms with Crippen LogP contribution in [-0.2, 0) is 11.0 Å². The molecule has 0 spiro atoms. The Kier molecular flexibility index (Phi) is 6.78. The topological polar surface area (TPSA) is 64.6 Å². The van der Waals surface area contributed by atoms with Gasteiger partial charge in [0.2, 0.25) is 11.9 Å². The van der Waals surface area contributed by atoms with Crippen molar-refractivity contribution in [2.75, 3.05) is 60.9 Å². The van der Waals surface area contributed by atoms with Gasteiger partial charge in [-0.1, -0.05) is 0 Å². The maximum atomic E-state index is 13.3. The predicted octanol–water partition coefficient (Wildman–Crippen LogP) is 3.25. The van der Waals surface area contributed by atoms with E-state index >= 15 is 0 Å². The fraction of sp³-hybridized carbons (Fsp3) is 0.500. The molecule has 32 heavy (non-hydrogen) atoms. The molecule has 1 amide bonds. The van der Waals surface area contributed by atoms with E-state index in [2.05, 4.69) is 25.1 Å². The second kappa shape index (κ2) is 9.72. The first-order valence-electron chi connectivity index (χ1n) is 10.9. The fourth-order valence-corrected chi connectivity index (χ4v) is 4.18. The third-order valence-electron chi connectivity index (χ3n) is 5.87. The molecular weight excluding hydrogens is 421 g/mol. The predicted molar refractivity (Wildman–Crippen MR) is 117 cm³/mol. The number of anilines is 3. The molecule has 1 aromatic heterocycles. The third kappa shape index (κ3) is 5.48. The average Bonchev–Trinajstić information content (AvgIpc) is 2.80. The first-order valence-corrected chi connectivity index (χ1v) is 10.9. The second-order valence-electron chi connectivity index (χ2n) is 8.14. The van der Waals surface area contributed by atoms with Gasteiger partial charge >= 0.3 is 6.18 Å². The summed E-state index contributed by atoms with van der Waals surface area (Å²) in [5.41, 5.74) is 0.116. The van der Waals surface area contributed by atoms with Crippen molar-refractivity contribution in [3.8, 4) is 0 Å². The van der Waals surface area contributed by atoms with Crippen molar-refractivity contribution < 1.29 is 18.0 Å². The van der Waals surface area contributed by atoms with E-state index in [1.165, 1.54) is 6.07 Å². The van der Waals surface area contributed by atoms with Crippen molar-refractivity contribution in [3.05, 3.63) is 42.2 Å². The molecule has 0 aliphatic carbocycles. The minimum Gasteiger partial charge on any atom is -0.370 e. The number of halogens is 3. The lowest BCUT2D eigenvalue weighted by atomic mass is 10.1. The summed E-state index contributed by atoms with van der Waals surface area (Å²) in [6.07, 6.45) is 2.01. The number of aromatic nitrogens is 2. The number of rotatable bonds is 5. The summed E-state index contributed by atoms with van der Waals surface area (Å²) in [5.74, 6) is 0.346. The maximum absolute atomic E-state index is 13.3. The average molecular weight is 448 g/mol. The Labute approximate surface area is 185 Å². The zero-order valence-corrected chi connectivity index (χ0v) is 17.8. The minimum atomic E-state index is -4.46. The van der Waals surface area contributed by atoms with Crippen molar-refractivity contribution in [3.63, 3.8) is 0 Å². The number of hydrogen-bond donors (Lipinski definition) is 1. The first kappa shape index (κ1) is 22.3. The van der Waals surface area contributed by atoms with Gasteiger partial charge in [-0.15, -0.1) is 0 Å². The molecule has 4 rings (SSSR count). The molecule has 0 unspecified atom stereocenters. The largest absolute Gasteiger partial charge is 0.416 e. The van der Waals surface area contributed by atoms with Gasteiger partial charge in [0.05, 0.1) is 23.5 Å². The standard InChI is InChI=1S/C22H27F3N6O/c23-22(24,25)17-5-6-19(30-9-2-1-3-10-30)18(15-17)28-20(32)16-29-11-13-31(14-12-29)21-26-7-4-8-27-21/h4-8,15H,1-3,9-14,16H2,(H,28,32). The third-order valence-corrected chi connectivity index (χ3v) is 5.87. The lowest BCUT2D eigenvalue weighted by molar-refractivity contribution is -0.137. The molecule has 172 valence electrons. The summed E-state index contributed by atoms with van der Waals surface area (Å²) in [7, 11) is 0. The SMILES string of the molecule is O=C(CN1CCN(c2ncccn2)CC1)Nc1cc(C(F)(F)F)ccc1N1CCCCC1. The number of piperazine rings is 1. The van der Waals surface area contributed by atoms with E-state index in [1.807, 2.05) is 4.90 Å². The van der Waals surface area contributed by atoms with Crippen molar-refractivity contribution in [1.29, 1.82) is 0 Å². The number of nitrogens with zero attached hydrogens (tertiary/aromatic N) is 5. The van der Waals surface area contributed by atoms with E-state index in [-0.39, 0.29) is 18.1 Å². The Bertz CT molecular complexity index is 910. The summed E-state index contributed by atoms with van der Waals surface area (Å²) in [5, 5.41) is 2.75. The van der Waals surface area contributed by atoms with E-state index in [0.717, 1.165) is 44.5 Å². The molecule has 0 bridgehead atoms. The summed E-state index contributed by atoms with van der Waals surface area (Å²) in [4.78, 5) is 27.3. The summed E-state index contributed by atoms with van der Waals surface area (Å²) < 4.78 is 39.8. The smallest absolute Gasteiger partial charge is 0.370 e. The van der Waals surface area contributed by atoms with Crippen LogP contribution in [0.25, 0.3) is 0 Å². The Hall–Kier alpha value is -2.88. The van der Waals surface area contributed by atoms with Gasteiger partial charge in [-0.3, -0.25) is 9.69 Å². The van der Waals surface area contributed by atoms with Gasteiger partial charge < -0.3 is 15.1 Å². The van der Waals surface area contributed by atoms with Gasteiger partial charge in [0.25, 0.3) is 0 Å². The van der Waals surface area contributed by atoms with E-state index in [9.17, 15) is 18.0 Å². The number of amides is 1. The Morgan fingerprint density at radius 2 is 1.62 bits per heavy atom. The number of piperidine rings is 1. The van der Waals surface area contributed by atoms with Crippen LogP contribution < -0.4 is 15.1 Å². The molecule has 0 atom stereocenters. The molecule has 2 aliphatic rings. The number of carbonyl (C=O) groups excluding carboxylic acids is 1. The van der Waals surface area contributed by atoms with Crippen molar-refractivity contribution in [2.24, 2.45) is 0 Å². The molecule has 2 aromatic rings. The van der Waals surface area contributed by atoms with Crippen LogP contribution in [-0.4, -0.2) is 66.6 Å². The monoisotopic (exact) mass is 448 g/mol. The summed E-state index contributed by atoms with van der Waals surface area (Å²) >= 11 is 0. The van der Waals surface area contributed by atoms with Gasteiger partial charge in [0, 0.05) is 51.7 Å². The van der Waals surface area contributed by atoms with Gasteiger partial charge in [0.1, 0.15) is 0 Å². The van der Waals surface area contributed by atoms with E-state index in [1.54, 1.807) is 18.5 Å². The fourth-order valence-electron chi connectivity index (χ4n) is 4.18. The van der Waals surface area contributed by atoms with Crippen LogP contribution in [0, 0.1) is 0 Å². The highest BCUT2D eigenvalue weighted by Gasteiger charge is 2.32. The molecule has 3 heterocycles. The molecular formula is C22H27F3N6O. The molecule has 2 saturated heterocycles. The normalized spacial score (nSPS) is 18.0. The van der Waals surface area contributed by atoms with E-state index in [0.29, 0.717) is 37.8 Å². The maximum Gasteiger partial charge on any atom is 0.416 e. The highest BCUT2D eigenvalue weighted by molar-refractivity contribution is 5.95. The van der Waals surface area contributed by atoms with E-state index in [4.69, 9.17) is 0 Å². The lowest BCUT2D eigenvalue weighted by Gasteiger charge is -2.34. The number of carbonyl (C=O) groups is 1. The minimum absolute atomic E-state index is 0.124. The zero-order chi connectivity index (χ0) is 22.6. The highest BCUT2D eigenvalue weighted by Crippen LogP contribution is 2.36. The second-order valence-corrected chi connectivity index (χ2v) is 8.14. The van der Waals surface area contributed by atoms with Crippen molar-refractivity contribution in [1.82, 2.24) is 14.9 Å². The van der Waals surface area contributed by atoms with Crippen LogP contribution in [0.4, 0.5) is 30.5 Å². The molecule has 0 radical (unpaired) electrons. The van der Waals surface area contributed by atoms with Crippen LogP contribution in [0.1, 0.15) is 24.8 Å². The van der Waals surface area contributed by atoms with Crippen LogP contribution in [0.2, 0.25) is 0 Å². The van der Waals surface area contributed by atoms with Gasteiger partial charge in [-0.2, -0.15) is 13.2 Å². The van der Waals surface area contributed by atoms with Gasteiger partial charge in [-0.25, -0.2) is 9.97 Å². The molecule has 2 fully saturated rings. The number of hydrogen-bond acceptors (Lipinski definition) is 6. The quantitative estimate of drug-likeness (QED) is 0.758. The summed E-state index contributed by atoms with van der Waals surface area (Å²) in [6, 6.07) is 5.37. The summed E-state index contributed by atoms with van der Waals surface area (Å²) in [6.45, 7) is 4.33. The number of benzene rings is 1. The number of alkyl halides is 3. The molecule has 1 N–H and O–H groups in total. The first-order chi connectivity index (χ1) is 15.4. The van der Waals surface area contributed by atoms with Crippen molar-refractivity contribution in [2.45, 2.75) is 25.4 Å². The van der Waals surface area contributed by atoms with Crippen LogP contribution >= 0.6 is 0 Å². The zero-order valence-electron chi connectivity index (χ0n) is 17.8. The molecule has 2 aliphatic heterocycles. The van der Waals surface area contributed by atoms with Gasteiger partial charge in [0.15, 0.2) is 0 Å². The molecule has 10 heteroatoms. The Balaban J connectivity index is 1.40. The van der Waals surface area contributed by atoms with Gasteiger partial charge in [-0.05, 0) is 43.5 Å². The Morgan fingerprint density at radius 3 is 2.28 bits per heavy atom. The van der Waals surface area contributed by atoms with Crippen molar-refractivity contribution >= 4 is 23.2 Å². The van der Waals surface area contributed by atoms with Crippen LogP contribution in [0.3, 0.4) is 0 Å². The molecule has 0 saturated carbocycles. The molecule has 7 nitrogen and oxygen atoms in total. The molecule has 1 aromatic carbocycles. The van der Waals surface area contributed by atoms with Crippen LogP contribution in [0.15, 0.2) is 36.7 Å². The Morgan fingerprint density at radius 1 is 0.938 bits per heavy atom. The van der Waals surface area contributed by atoms with E-state index < -0.39 is 11.7 Å². The lowest BCUT2D eigenvalue weighted by Crippen LogP contribution is -2.49. The van der Waals surface area contributed by atoms with Crippen LogP contribution in [0.5, 0.6) is 0 Å². The highest BCUT2D eigenvalue weighted by atomic mass is 19.4.